The van der Waals surface area contributed by atoms with E-state index in [9.17, 15) is 14.8 Å². The van der Waals surface area contributed by atoms with Crippen LogP contribution >= 0.6 is 8.03 Å². The van der Waals surface area contributed by atoms with Gasteiger partial charge < -0.3 is 19.5 Å². The average Bonchev–Trinajstić information content (AvgIpc) is 3.25. The molecule has 0 bridgehead atoms. The number of rotatable bonds is 7. The van der Waals surface area contributed by atoms with Gasteiger partial charge >= 0.3 is 0 Å². The largest absolute Gasteiger partial charge is 0.387 e. The standard InChI is InChI=1S/C19H30N6O5P/c1-6-11(3)31(28)30-10(2)7-13-15(26)16(27)19(29-13)25-9-24-12(4)22-23(5)17-14(24)18(25)21-8-20-17/h8-11,13,15-16,19,26-27,31H,6-7H2,1-5H3/q+1/t10?,11?,13-,15-,16-,19?/m1/s1. The van der Waals surface area contributed by atoms with Crippen LogP contribution in [0.4, 0.5) is 5.82 Å². The molecular weight excluding hydrogens is 423 g/mol. The molecule has 0 spiro atoms. The van der Waals surface area contributed by atoms with Crippen molar-refractivity contribution < 1.29 is 28.6 Å². The quantitative estimate of drug-likeness (QED) is 0.470. The van der Waals surface area contributed by atoms with Crippen molar-refractivity contribution in [2.45, 2.75) is 76.8 Å². The van der Waals surface area contributed by atoms with Crippen molar-refractivity contribution >= 4 is 30.8 Å². The van der Waals surface area contributed by atoms with E-state index in [0.717, 1.165) is 17.8 Å². The summed E-state index contributed by atoms with van der Waals surface area (Å²) in [4.78, 5) is 8.69. The van der Waals surface area contributed by atoms with Gasteiger partial charge in [0.2, 0.25) is 23.2 Å². The maximum Gasteiger partial charge on any atom is 0.264 e. The van der Waals surface area contributed by atoms with Gasteiger partial charge in [0, 0.05) is 26.1 Å². The SMILES string of the molecule is CCC(C)[PH](=O)OC(C)C[C@H]1OC(n2c[n+]3c4c(ncnc42)N(C)N=C3C)[C@H](O)[C@@H]1O. The van der Waals surface area contributed by atoms with E-state index in [1.165, 1.54) is 6.33 Å². The molecule has 0 aliphatic carbocycles. The first-order valence-corrected chi connectivity index (χ1v) is 11.9. The molecule has 2 aliphatic heterocycles. The van der Waals surface area contributed by atoms with Crippen LogP contribution in [0.3, 0.4) is 0 Å². The van der Waals surface area contributed by atoms with E-state index < -0.39 is 32.6 Å². The molecular formula is C19H30N6O5P+. The monoisotopic (exact) mass is 453 g/mol. The van der Waals surface area contributed by atoms with E-state index in [2.05, 4.69) is 15.1 Å². The van der Waals surface area contributed by atoms with Crippen LogP contribution in [0.2, 0.25) is 0 Å². The molecule has 7 atom stereocenters. The molecule has 4 heterocycles. The van der Waals surface area contributed by atoms with Gasteiger partial charge in [-0.25, -0.2) is 14.5 Å². The molecule has 170 valence electrons. The Labute approximate surface area is 181 Å². The van der Waals surface area contributed by atoms with Crippen molar-refractivity contribution in [3.05, 3.63) is 12.7 Å². The first-order valence-electron chi connectivity index (χ1n) is 10.5. The number of hydrogen-bond donors (Lipinski definition) is 2. The predicted octanol–water partition coefficient (Wildman–Crippen LogP) is 1.04. The number of aliphatic hydroxyl groups excluding tert-OH is 2. The lowest BCUT2D eigenvalue weighted by atomic mass is 10.1. The van der Waals surface area contributed by atoms with Crippen LogP contribution in [0.25, 0.3) is 11.2 Å². The molecule has 1 saturated heterocycles. The fourth-order valence-corrected chi connectivity index (χ4v) is 5.05. The summed E-state index contributed by atoms with van der Waals surface area (Å²) < 4.78 is 27.5. The number of aromatic nitrogens is 4. The molecule has 4 unspecified atom stereocenters. The fourth-order valence-electron chi connectivity index (χ4n) is 3.99. The van der Waals surface area contributed by atoms with Gasteiger partial charge in [-0.15, -0.1) is 0 Å². The highest BCUT2D eigenvalue weighted by Crippen LogP contribution is 2.37. The number of hydrazone groups is 1. The van der Waals surface area contributed by atoms with E-state index in [-0.39, 0.29) is 11.8 Å². The number of anilines is 1. The molecule has 4 rings (SSSR count). The van der Waals surface area contributed by atoms with Gasteiger partial charge in [0.15, 0.2) is 14.4 Å². The molecule has 2 aliphatic rings. The van der Waals surface area contributed by atoms with Gasteiger partial charge in [-0.05, 0) is 18.4 Å². The van der Waals surface area contributed by atoms with Gasteiger partial charge in [0.25, 0.3) is 5.84 Å². The smallest absolute Gasteiger partial charge is 0.264 e. The third-order valence-electron chi connectivity index (χ3n) is 5.97. The Balaban J connectivity index is 1.58. The maximum absolute atomic E-state index is 12.2. The number of hydrogen-bond acceptors (Lipinski definition) is 9. The van der Waals surface area contributed by atoms with Crippen LogP contribution < -0.4 is 9.58 Å². The van der Waals surface area contributed by atoms with Crippen LogP contribution in [-0.2, 0) is 13.8 Å². The van der Waals surface area contributed by atoms with Crippen LogP contribution in [0.5, 0.6) is 0 Å². The van der Waals surface area contributed by atoms with Crippen molar-refractivity contribution in [2.75, 3.05) is 12.1 Å². The van der Waals surface area contributed by atoms with E-state index in [1.54, 1.807) is 29.9 Å². The molecule has 31 heavy (non-hydrogen) atoms. The van der Waals surface area contributed by atoms with Crippen LogP contribution in [0.15, 0.2) is 17.8 Å². The molecule has 12 heteroatoms. The Hall–Kier alpha value is -1.91. The van der Waals surface area contributed by atoms with Crippen molar-refractivity contribution in [3.8, 4) is 0 Å². The Morgan fingerprint density at radius 3 is 2.77 bits per heavy atom. The zero-order valence-electron chi connectivity index (χ0n) is 18.3. The van der Waals surface area contributed by atoms with E-state index in [0.29, 0.717) is 17.9 Å². The van der Waals surface area contributed by atoms with Crippen molar-refractivity contribution in [3.63, 3.8) is 0 Å². The third kappa shape index (κ3) is 3.89. The highest BCUT2D eigenvalue weighted by Gasteiger charge is 2.47. The number of aliphatic hydroxyl groups is 2. The molecule has 0 amide bonds. The Morgan fingerprint density at radius 1 is 1.32 bits per heavy atom. The van der Waals surface area contributed by atoms with Crippen molar-refractivity contribution in [1.29, 1.82) is 0 Å². The summed E-state index contributed by atoms with van der Waals surface area (Å²) in [7, 11) is -0.379. The van der Waals surface area contributed by atoms with E-state index >= 15 is 0 Å². The second-order valence-electron chi connectivity index (χ2n) is 8.27. The first kappa shape index (κ1) is 22.3. The lowest BCUT2D eigenvalue weighted by molar-refractivity contribution is -0.529. The minimum Gasteiger partial charge on any atom is -0.387 e. The first-order chi connectivity index (χ1) is 14.7. The van der Waals surface area contributed by atoms with Crippen molar-refractivity contribution in [1.82, 2.24) is 14.5 Å². The van der Waals surface area contributed by atoms with Gasteiger partial charge in [-0.3, -0.25) is 4.57 Å². The minimum atomic E-state index is -2.18. The lowest BCUT2D eigenvalue weighted by Crippen LogP contribution is -2.45. The van der Waals surface area contributed by atoms with Gasteiger partial charge in [0.1, 0.15) is 18.5 Å². The third-order valence-corrected chi connectivity index (χ3v) is 7.81. The second-order valence-corrected chi connectivity index (χ2v) is 10.1. The van der Waals surface area contributed by atoms with Crippen LogP contribution in [0, 0.1) is 0 Å². The predicted molar refractivity (Wildman–Crippen MR) is 114 cm³/mol. The average molecular weight is 453 g/mol. The molecule has 1 fully saturated rings. The Morgan fingerprint density at radius 2 is 2.06 bits per heavy atom. The van der Waals surface area contributed by atoms with Crippen LogP contribution in [-0.4, -0.2) is 67.7 Å². The molecule has 11 nitrogen and oxygen atoms in total. The minimum absolute atomic E-state index is 0.00622. The summed E-state index contributed by atoms with van der Waals surface area (Å²) in [5.41, 5.74) is 1.30. The number of nitrogens with zero attached hydrogens (tertiary/aromatic N) is 6. The molecule has 0 saturated carbocycles. The van der Waals surface area contributed by atoms with Crippen LogP contribution in [0.1, 0.15) is 46.8 Å². The normalized spacial score (nSPS) is 28.6. The summed E-state index contributed by atoms with van der Waals surface area (Å²) in [6.07, 6.45) is 0.0936. The summed E-state index contributed by atoms with van der Waals surface area (Å²) >= 11 is 0. The summed E-state index contributed by atoms with van der Waals surface area (Å²) in [6, 6.07) is 0. The second kappa shape index (κ2) is 8.55. The number of imidazole rings is 1. The fraction of sp³-hybridized carbons (Fsp3) is 0.684. The number of ether oxygens (including phenoxy) is 1. The Kier molecular flexibility index (Phi) is 6.15. The molecule has 0 radical (unpaired) electrons. The molecule has 2 aromatic heterocycles. The van der Waals surface area contributed by atoms with Crippen molar-refractivity contribution in [2.24, 2.45) is 5.10 Å². The van der Waals surface area contributed by atoms with E-state index in [1.807, 2.05) is 25.3 Å². The van der Waals surface area contributed by atoms with Gasteiger partial charge in [-0.2, -0.15) is 9.58 Å². The summed E-state index contributed by atoms with van der Waals surface area (Å²) in [6.45, 7) is 7.53. The maximum atomic E-state index is 12.2. The van der Waals surface area contributed by atoms with Gasteiger partial charge in [-0.1, -0.05) is 13.8 Å². The molecule has 2 N–H and O–H groups in total. The highest BCUT2D eigenvalue weighted by atomic mass is 31.1. The highest BCUT2D eigenvalue weighted by molar-refractivity contribution is 7.40. The molecule has 2 aromatic rings. The summed E-state index contributed by atoms with van der Waals surface area (Å²) in [5, 5.41) is 27.5. The van der Waals surface area contributed by atoms with E-state index in [4.69, 9.17) is 9.26 Å². The zero-order chi connectivity index (χ0) is 22.4. The topological polar surface area (TPSA) is 126 Å². The Bertz CT molecular complexity index is 1030. The zero-order valence-corrected chi connectivity index (χ0v) is 19.3. The molecule has 0 aromatic carbocycles. The lowest BCUT2D eigenvalue weighted by Gasteiger charge is -2.20. The summed E-state index contributed by atoms with van der Waals surface area (Å²) in [5.74, 6) is 1.35. The van der Waals surface area contributed by atoms with Gasteiger partial charge in [0.05, 0.1) is 12.2 Å².